The number of aromatic nitrogens is 4. The van der Waals surface area contributed by atoms with Crippen molar-refractivity contribution >= 4 is 58.0 Å². The Hall–Kier alpha value is -3.25. The van der Waals surface area contributed by atoms with Crippen LogP contribution in [0, 0.1) is 11.8 Å². The number of para-hydroxylation sites is 1. The number of fused-ring (bicyclic) bond motifs is 2. The lowest BCUT2D eigenvalue weighted by molar-refractivity contribution is -0.119. The fourth-order valence-electron chi connectivity index (χ4n) is 4.85. The van der Waals surface area contributed by atoms with E-state index in [0.717, 1.165) is 6.07 Å². The molecule has 5 rings (SSSR count). The van der Waals surface area contributed by atoms with Gasteiger partial charge in [0.25, 0.3) is 6.43 Å². The molecule has 2 unspecified atom stereocenters. The zero-order valence-corrected chi connectivity index (χ0v) is 24.6. The van der Waals surface area contributed by atoms with Gasteiger partial charge in [-0.1, -0.05) is 23.7 Å². The fraction of sp³-hybridized carbons (Fsp3) is 0.357. The van der Waals surface area contributed by atoms with E-state index in [1.807, 2.05) is 12.1 Å². The van der Waals surface area contributed by atoms with E-state index in [1.54, 1.807) is 12.1 Å². The number of carbonyl (C=O) groups excluding carboxylic acids is 2. The first kappa shape index (κ1) is 31.7. The van der Waals surface area contributed by atoms with Crippen LogP contribution >= 0.6 is 34.8 Å². The molecule has 0 saturated heterocycles. The highest BCUT2D eigenvalue weighted by Crippen LogP contribution is 2.43. The van der Waals surface area contributed by atoms with Crippen molar-refractivity contribution < 1.29 is 28.2 Å². The molecule has 2 aliphatic rings. The van der Waals surface area contributed by atoms with E-state index in [9.17, 15) is 23.5 Å². The normalized spacial score (nSPS) is 17.7. The van der Waals surface area contributed by atoms with E-state index in [2.05, 4.69) is 25.3 Å². The second-order valence-corrected chi connectivity index (χ2v) is 10.7. The number of alkyl halides is 2. The van der Waals surface area contributed by atoms with Crippen LogP contribution in [0.3, 0.4) is 0 Å². The highest BCUT2D eigenvalue weighted by atomic mass is 35.5. The first-order valence-corrected chi connectivity index (χ1v) is 14.1. The summed E-state index contributed by atoms with van der Waals surface area (Å²) >= 11 is 17.2. The van der Waals surface area contributed by atoms with Gasteiger partial charge in [0.1, 0.15) is 17.0 Å². The Kier molecular flexibility index (Phi) is 10.8. The van der Waals surface area contributed by atoms with Gasteiger partial charge in [-0.3, -0.25) is 14.6 Å². The number of carbonyl (C=O) groups is 2. The van der Waals surface area contributed by atoms with Gasteiger partial charge >= 0.3 is 0 Å². The minimum atomic E-state index is -2.75. The number of methoxy groups -OCH3 is 1. The molecule has 2 heterocycles. The van der Waals surface area contributed by atoms with Gasteiger partial charge < -0.3 is 15.2 Å². The lowest BCUT2D eigenvalue weighted by Crippen LogP contribution is -2.28. The lowest BCUT2D eigenvalue weighted by atomic mass is 9.83. The zero-order valence-electron chi connectivity index (χ0n) is 22.3. The van der Waals surface area contributed by atoms with Crippen molar-refractivity contribution in [1.29, 1.82) is 0 Å². The first-order valence-electron chi connectivity index (χ1n) is 13.0. The third-order valence-corrected chi connectivity index (χ3v) is 7.51. The van der Waals surface area contributed by atoms with E-state index in [0.29, 0.717) is 43.0 Å². The number of aliphatic hydroxyl groups is 1. The molecule has 0 spiro atoms. The van der Waals surface area contributed by atoms with Crippen molar-refractivity contribution in [2.45, 2.75) is 38.5 Å². The van der Waals surface area contributed by atoms with Gasteiger partial charge in [0.15, 0.2) is 5.78 Å². The number of hydrogen-bond donors (Lipinski definition) is 2. The number of nitrogens with one attached hydrogen (secondary N) is 1. The Labute approximate surface area is 255 Å². The quantitative estimate of drug-likeness (QED) is 0.142. The van der Waals surface area contributed by atoms with Gasteiger partial charge in [-0.2, -0.15) is 15.0 Å². The summed E-state index contributed by atoms with van der Waals surface area (Å²) in [5, 5.41) is 13.9. The number of allylic oxidation sites excluding steroid dienone is 2. The van der Waals surface area contributed by atoms with Crippen LogP contribution in [0.15, 0.2) is 47.7 Å². The monoisotopic (exact) mass is 639 g/mol. The molecule has 2 atom stereocenters. The minimum absolute atomic E-state index is 0.0227. The summed E-state index contributed by atoms with van der Waals surface area (Å²) in [6.45, 7) is 0.394. The molecule has 1 saturated carbocycles. The number of halogens is 5. The third-order valence-electron chi connectivity index (χ3n) is 6.85. The number of pyridine rings is 1. The summed E-state index contributed by atoms with van der Waals surface area (Å²) in [7, 11) is 1.52. The number of ketones is 2. The smallest absolute Gasteiger partial charge is 0.280 e. The fourth-order valence-corrected chi connectivity index (χ4v) is 5.40. The Bertz CT molecular complexity index is 1490. The van der Waals surface area contributed by atoms with E-state index >= 15 is 0 Å². The molecular weight excluding hydrogens is 615 g/mol. The first-order chi connectivity index (χ1) is 20.1. The third kappa shape index (κ3) is 7.57. The molecule has 9 nitrogen and oxygen atoms in total. The van der Waals surface area contributed by atoms with Crippen LogP contribution in [0.5, 0.6) is 0 Å². The molecule has 0 radical (unpaired) electrons. The van der Waals surface area contributed by atoms with Crippen LogP contribution in [-0.2, 0) is 16.0 Å². The maximum absolute atomic E-state index is 13.0. The van der Waals surface area contributed by atoms with Crippen molar-refractivity contribution in [2.75, 3.05) is 19.0 Å². The molecule has 42 heavy (non-hydrogen) atoms. The van der Waals surface area contributed by atoms with Gasteiger partial charge in [-0.05, 0) is 79.6 Å². The van der Waals surface area contributed by atoms with Crippen LogP contribution in [-0.4, -0.2) is 50.3 Å². The molecule has 2 bridgehead atoms. The molecule has 14 heteroatoms. The number of benzene rings is 1. The van der Waals surface area contributed by atoms with Crippen molar-refractivity contribution in [3.63, 3.8) is 0 Å². The summed E-state index contributed by atoms with van der Waals surface area (Å²) in [6, 6.07) is 9.56. The van der Waals surface area contributed by atoms with Crippen LogP contribution in [0.2, 0.25) is 15.6 Å². The van der Waals surface area contributed by atoms with Gasteiger partial charge in [0.05, 0.1) is 16.4 Å². The summed E-state index contributed by atoms with van der Waals surface area (Å²) in [5.41, 5.74) is 0.366. The van der Waals surface area contributed by atoms with Crippen molar-refractivity contribution in [1.82, 2.24) is 19.9 Å². The summed E-state index contributed by atoms with van der Waals surface area (Å²) in [4.78, 5) is 40.8. The lowest BCUT2D eigenvalue weighted by Gasteiger charge is -2.21. The second-order valence-electron chi connectivity index (χ2n) is 9.59. The number of aliphatic hydroxyl groups excluding tert-OH is 1. The van der Waals surface area contributed by atoms with Crippen molar-refractivity contribution in [3.05, 3.63) is 80.3 Å². The van der Waals surface area contributed by atoms with Gasteiger partial charge in [-0.25, -0.2) is 8.78 Å². The molecule has 2 aliphatic carbocycles. The Morgan fingerprint density at radius 2 is 1.74 bits per heavy atom. The number of Topliss-reactive ketones (excluding diaryl/α,β-unsaturated/α-hetero) is 2. The van der Waals surface area contributed by atoms with Crippen LogP contribution in [0.4, 0.5) is 20.4 Å². The molecule has 0 amide bonds. The SMILES string of the molecule is COCCCc1nc(C(F)F)ccc1C(=O)C1=C(O)C2CCC(C2)C1=O.Clc1nc(Cl)nc(Nc2ccccc2Cl)n1. The maximum atomic E-state index is 13.0. The molecular formula is C28H26Cl3F2N5O4. The summed E-state index contributed by atoms with van der Waals surface area (Å²) < 4.78 is 30.9. The highest BCUT2D eigenvalue weighted by molar-refractivity contribution is 6.33. The largest absolute Gasteiger partial charge is 0.511 e. The molecule has 222 valence electrons. The number of hydrogen-bond acceptors (Lipinski definition) is 9. The molecule has 3 aromatic rings. The number of nitrogens with zero attached hydrogens (tertiary/aromatic N) is 4. The molecule has 0 aliphatic heterocycles. The number of aryl methyl sites for hydroxylation is 1. The summed E-state index contributed by atoms with van der Waals surface area (Å²) in [6.07, 6.45) is -0.0635. The van der Waals surface area contributed by atoms with Crippen molar-refractivity contribution in [3.8, 4) is 0 Å². The molecule has 2 aromatic heterocycles. The van der Waals surface area contributed by atoms with E-state index in [4.69, 9.17) is 39.5 Å². The van der Waals surface area contributed by atoms with Gasteiger partial charge in [0.2, 0.25) is 22.3 Å². The average molecular weight is 641 g/mol. The van der Waals surface area contributed by atoms with Crippen LogP contribution < -0.4 is 5.32 Å². The average Bonchev–Trinajstić information content (AvgIpc) is 3.40. The minimum Gasteiger partial charge on any atom is -0.511 e. The Balaban J connectivity index is 0.000000216. The van der Waals surface area contributed by atoms with E-state index in [1.165, 1.54) is 13.2 Å². The second kappa shape index (κ2) is 14.3. The highest BCUT2D eigenvalue weighted by Gasteiger charge is 2.43. The number of ether oxygens (including phenoxy) is 1. The topological polar surface area (TPSA) is 127 Å². The van der Waals surface area contributed by atoms with E-state index in [-0.39, 0.29) is 63.1 Å². The molecule has 1 fully saturated rings. The maximum Gasteiger partial charge on any atom is 0.280 e. The van der Waals surface area contributed by atoms with Gasteiger partial charge in [-0.15, -0.1) is 0 Å². The van der Waals surface area contributed by atoms with E-state index < -0.39 is 17.9 Å². The molecule has 1 aromatic carbocycles. The predicted octanol–water partition coefficient (Wildman–Crippen LogP) is 7.17. The van der Waals surface area contributed by atoms with Crippen LogP contribution in [0.25, 0.3) is 0 Å². The Morgan fingerprint density at radius 3 is 2.40 bits per heavy atom. The van der Waals surface area contributed by atoms with Gasteiger partial charge in [0, 0.05) is 31.1 Å². The summed E-state index contributed by atoms with van der Waals surface area (Å²) in [5.74, 6) is -1.28. The zero-order chi connectivity index (χ0) is 30.4. The molecule has 2 N–H and O–H groups in total. The van der Waals surface area contributed by atoms with Crippen LogP contribution in [0.1, 0.15) is 53.9 Å². The standard InChI is InChI=1S/C19H21F2NO4.C9H5Cl3N4/c1-26-8-2-3-13-12(6-7-14(22-13)19(20)21)18(25)15-16(23)10-4-5-11(9-10)17(15)24;10-5-3-1-2-4-6(5)13-9-15-7(11)14-8(12)16-9/h6-7,10-11,19,23H,2-5,8-9H2,1H3;1-4H,(H,13,14,15,16). The van der Waals surface area contributed by atoms with Crippen molar-refractivity contribution in [2.24, 2.45) is 11.8 Å². The number of rotatable bonds is 9. The number of anilines is 2. The Morgan fingerprint density at radius 1 is 1.05 bits per heavy atom. The predicted molar refractivity (Wildman–Crippen MR) is 154 cm³/mol.